The monoisotopic (exact) mass is 697 g/mol. The summed E-state index contributed by atoms with van der Waals surface area (Å²) in [6.07, 6.45) is 0. The third-order valence-electron chi connectivity index (χ3n) is 0. The molecule has 0 spiro atoms. The van der Waals surface area contributed by atoms with Gasteiger partial charge >= 0.3 is 0 Å². The molecule has 0 nitrogen and oxygen atoms in total. The summed E-state index contributed by atoms with van der Waals surface area (Å²) in [5.74, 6) is 0. The van der Waals surface area contributed by atoms with Crippen LogP contribution in [-0.4, -0.2) is 0 Å². The smallest absolute Gasteiger partial charge is 0 e. The van der Waals surface area contributed by atoms with E-state index < -0.39 is 0 Å². The van der Waals surface area contributed by atoms with Crippen molar-refractivity contribution in [1.29, 1.82) is 0 Å². The van der Waals surface area contributed by atoms with Gasteiger partial charge in [-0.15, -0.1) is 0 Å². The maximum absolute atomic E-state index is 0. The second-order valence-electron chi connectivity index (χ2n) is 0. The Morgan fingerprint density at radius 2 is 0.500 bits per heavy atom. The zero-order valence-corrected chi connectivity index (χ0v) is 9.27. The summed E-state index contributed by atoms with van der Waals surface area (Å²) in [5.41, 5.74) is 0. The third-order valence-corrected chi connectivity index (χ3v) is 0. The molecule has 0 bridgehead atoms. The van der Waals surface area contributed by atoms with E-state index in [2.05, 4.69) is 0 Å². The summed E-state index contributed by atoms with van der Waals surface area (Å²) in [4.78, 5) is 0. The first-order valence-corrected chi connectivity index (χ1v) is 0. The largest absolute Gasteiger partial charge is 0 e. The van der Waals surface area contributed by atoms with Gasteiger partial charge in [0.15, 0.2) is 0 Å². The summed E-state index contributed by atoms with van der Waals surface area (Å²) >= 11 is 0. The van der Waals surface area contributed by atoms with Crippen molar-refractivity contribution in [3.05, 3.63) is 0 Å². The van der Waals surface area contributed by atoms with E-state index >= 15 is 0 Å². The molecular formula is Au3Pd. The normalized spacial score (nSPS) is 0. The van der Waals surface area contributed by atoms with Gasteiger partial charge < -0.3 is 0 Å². The molecule has 0 aromatic heterocycles. The Morgan fingerprint density at radius 3 is 0.500 bits per heavy atom. The van der Waals surface area contributed by atoms with E-state index in [1.54, 1.807) is 0 Å². The average Bonchev–Trinajstić information content (AvgIpc) is 0. The second-order valence-corrected chi connectivity index (χ2v) is 0. The molecule has 0 aliphatic rings. The quantitative estimate of drug-likeness (QED) is 0.313. The molecule has 0 heterocycles. The molecule has 0 saturated heterocycles. The van der Waals surface area contributed by atoms with Gasteiger partial charge in [-0.25, -0.2) is 0 Å². The van der Waals surface area contributed by atoms with Crippen LogP contribution in [-0.2, 0) is 87.6 Å². The molecule has 0 fully saturated rings. The number of rotatable bonds is 0. The molecule has 0 amide bonds. The van der Waals surface area contributed by atoms with Crippen molar-refractivity contribution in [3.63, 3.8) is 0 Å². The van der Waals surface area contributed by atoms with E-state index in [1.165, 1.54) is 0 Å². The maximum Gasteiger partial charge on any atom is 0 e. The zero-order valence-electron chi connectivity index (χ0n) is 1.22. The molecule has 0 aromatic carbocycles. The molecular weight excluding hydrogens is 697 g/mol. The van der Waals surface area contributed by atoms with E-state index in [0.717, 1.165) is 0 Å². The Balaban J connectivity index is 0. The third kappa shape index (κ3) is 8.86. The minimum Gasteiger partial charge on any atom is 0 e. The fraction of sp³-hybridized carbons (Fsp3) is 0. The van der Waals surface area contributed by atoms with Gasteiger partial charge in [0, 0.05) is 87.6 Å². The van der Waals surface area contributed by atoms with Gasteiger partial charge in [0.05, 0.1) is 0 Å². The molecule has 4 heteroatoms. The molecule has 0 aliphatic heterocycles. The topological polar surface area (TPSA) is 0 Å². The van der Waals surface area contributed by atoms with E-state index in [-0.39, 0.29) is 87.6 Å². The fourth-order valence-corrected chi connectivity index (χ4v) is 0. The first kappa shape index (κ1) is 28.7. The Kier molecular flexibility index (Phi) is 121. The number of hydrogen-bond donors (Lipinski definition) is 0. The van der Waals surface area contributed by atoms with Crippen LogP contribution in [0.2, 0.25) is 0 Å². The first-order chi connectivity index (χ1) is 0. The predicted octanol–water partition coefficient (Wildman–Crippen LogP) is -0.0100. The van der Waals surface area contributed by atoms with Gasteiger partial charge in [-0.05, 0) is 0 Å². The van der Waals surface area contributed by atoms with Crippen LogP contribution in [0.25, 0.3) is 0 Å². The van der Waals surface area contributed by atoms with Crippen molar-refractivity contribution in [2.24, 2.45) is 0 Å². The van der Waals surface area contributed by atoms with Crippen LogP contribution in [0, 0.1) is 0 Å². The van der Waals surface area contributed by atoms with Gasteiger partial charge in [-0.1, -0.05) is 0 Å². The Bertz CT molecular complexity index is 3.25. The standard InChI is InChI=1S/3Au.Pd. The van der Waals surface area contributed by atoms with Crippen LogP contribution >= 0.6 is 0 Å². The van der Waals surface area contributed by atoms with Crippen molar-refractivity contribution in [1.82, 2.24) is 0 Å². The van der Waals surface area contributed by atoms with Crippen molar-refractivity contribution in [2.45, 2.75) is 0 Å². The van der Waals surface area contributed by atoms with Gasteiger partial charge in [0.2, 0.25) is 0 Å². The van der Waals surface area contributed by atoms with Crippen molar-refractivity contribution in [3.8, 4) is 0 Å². The van der Waals surface area contributed by atoms with Gasteiger partial charge in [-0.2, -0.15) is 0 Å². The van der Waals surface area contributed by atoms with E-state index in [1.807, 2.05) is 0 Å². The fourth-order valence-electron chi connectivity index (χ4n) is 0. The Hall–Kier alpha value is 2.88. The minimum absolute atomic E-state index is 0. The van der Waals surface area contributed by atoms with Crippen LogP contribution in [0.5, 0.6) is 0 Å². The molecule has 3 radical (unpaired) electrons. The Morgan fingerprint density at radius 1 is 0.500 bits per heavy atom. The van der Waals surface area contributed by atoms with E-state index in [0.29, 0.717) is 0 Å². The molecule has 43 valence electrons. The van der Waals surface area contributed by atoms with E-state index in [9.17, 15) is 0 Å². The molecule has 0 aromatic rings. The zero-order chi connectivity index (χ0) is 0. The predicted molar refractivity (Wildman–Crippen MR) is 0 cm³/mol. The molecule has 4 heavy (non-hydrogen) atoms. The van der Waals surface area contributed by atoms with Crippen LogP contribution in [0.4, 0.5) is 0 Å². The van der Waals surface area contributed by atoms with E-state index in [4.69, 9.17) is 0 Å². The van der Waals surface area contributed by atoms with Crippen molar-refractivity contribution < 1.29 is 87.6 Å². The summed E-state index contributed by atoms with van der Waals surface area (Å²) < 4.78 is 0. The van der Waals surface area contributed by atoms with Crippen molar-refractivity contribution >= 4 is 0 Å². The van der Waals surface area contributed by atoms with Gasteiger partial charge in [-0.3, -0.25) is 0 Å². The van der Waals surface area contributed by atoms with Crippen molar-refractivity contribution in [2.75, 3.05) is 0 Å². The van der Waals surface area contributed by atoms with Gasteiger partial charge in [0.25, 0.3) is 0 Å². The molecule has 0 unspecified atom stereocenters. The summed E-state index contributed by atoms with van der Waals surface area (Å²) in [6.45, 7) is 0. The average molecular weight is 697 g/mol. The first-order valence-electron chi connectivity index (χ1n) is 0. The molecule has 0 aliphatic carbocycles. The SMILES string of the molecule is [Au].[Au].[Au].[Pd]. The van der Waals surface area contributed by atoms with Crippen LogP contribution in [0.3, 0.4) is 0 Å². The number of hydrogen-bond acceptors (Lipinski definition) is 0. The minimum atomic E-state index is 0. The summed E-state index contributed by atoms with van der Waals surface area (Å²) in [7, 11) is 0. The molecule has 0 N–H and O–H groups in total. The van der Waals surface area contributed by atoms with Gasteiger partial charge in [0.1, 0.15) is 0 Å². The second kappa shape index (κ2) is 16.9. The molecule has 0 saturated carbocycles. The molecule has 0 atom stereocenters. The maximum atomic E-state index is 0. The van der Waals surface area contributed by atoms with Crippen LogP contribution < -0.4 is 0 Å². The van der Waals surface area contributed by atoms with Crippen LogP contribution in [0.1, 0.15) is 0 Å². The van der Waals surface area contributed by atoms with Crippen LogP contribution in [0.15, 0.2) is 0 Å². The Labute approximate surface area is 86.0 Å². The molecule has 0 rings (SSSR count). The summed E-state index contributed by atoms with van der Waals surface area (Å²) in [5, 5.41) is 0. The summed E-state index contributed by atoms with van der Waals surface area (Å²) in [6, 6.07) is 0.